The third kappa shape index (κ3) is 2.51. The summed E-state index contributed by atoms with van der Waals surface area (Å²) in [7, 11) is 0. The first-order chi connectivity index (χ1) is 5.83. The van der Waals surface area contributed by atoms with Crippen LogP contribution in [0.25, 0.3) is 0 Å². The molecular formula is C9H8N2O. The van der Waals surface area contributed by atoms with E-state index in [1.165, 1.54) is 0 Å². The standard InChI is InChI=1S/C9H8N2O/c1-8-6-10-7-9(11-8)4-2-3-5-12/h5-7H,3H2,1H3. The minimum atomic E-state index is 0.246. The van der Waals surface area contributed by atoms with Crippen molar-refractivity contribution >= 4 is 6.29 Å². The number of aldehydes is 1. The summed E-state index contributed by atoms with van der Waals surface area (Å²) in [6.07, 6.45) is 4.24. The Kier molecular flexibility index (Phi) is 2.97. The highest BCUT2D eigenvalue weighted by molar-refractivity contribution is 5.54. The molecule has 12 heavy (non-hydrogen) atoms. The molecule has 3 nitrogen and oxygen atoms in total. The van der Waals surface area contributed by atoms with E-state index in [1.807, 2.05) is 6.92 Å². The molecule has 0 atom stereocenters. The van der Waals surface area contributed by atoms with Gasteiger partial charge in [-0.05, 0) is 12.8 Å². The highest BCUT2D eigenvalue weighted by atomic mass is 16.1. The average Bonchev–Trinajstić information content (AvgIpc) is 2.05. The van der Waals surface area contributed by atoms with E-state index in [-0.39, 0.29) is 6.42 Å². The Hall–Kier alpha value is -1.69. The van der Waals surface area contributed by atoms with E-state index in [2.05, 4.69) is 21.8 Å². The summed E-state index contributed by atoms with van der Waals surface area (Å²) in [4.78, 5) is 17.9. The van der Waals surface area contributed by atoms with Crippen molar-refractivity contribution in [3.8, 4) is 11.8 Å². The second-order valence-corrected chi connectivity index (χ2v) is 2.22. The molecule has 0 saturated carbocycles. The van der Waals surface area contributed by atoms with Crippen molar-refractivity contribution in [1.82, 2.24) is 9.97 Å². The molecule has 0 saturated heterocycles. The van der Waals surface area contributed by atoms with Gasteiger partial charge in [-0.3, -0.25) is 4.98 Å². The maximum Gasteiger partial charge on any atom is 0.131 e. The second-order valence-electron chi connectivity index (χ2n) is 2.22. The van der Waals surface area contributed by atoms with Gasteiger partial charge in [0.2, 0.25) is 0 Å². The van der Waals surface area contributed by atoms with Crippen molar-refractivity contribution < 1.29 is 4.79 Å². The fourth-order valence-electron chi connectivity index (χ4n) is 0.707. The van der Waals surface area contributed by atoms with Crippen LogP contribution in [0.3, 0.4) is 0 Å². The lowest BCUT2D eigenvalue weighted by atomic mass is 10.4. The third-order valence-electron chi connectivity index (χ3n) is 1.16. The van der Waals surface area contributed by atoms with Crippen LogP contribution in [0.15, 0.2) is 12.4 Å². The minimum absolute atomic E-state index is 0.246. The van der Waals surface area contributed by atoms with E-state index in [0.717, 1.165) is 12.0 Å². The molecule has 1 aromatic heterocycles. The van der Waals surface area contributed by atoms with Crippen LogP contribution >= 0.6 is 0 Å². The van der Waals surface area contributed by atoms with Gasteiger partial charge in [0, 0.05) is 6.20 Å². The topological polar surface area (TPSA) is 42.9 Å². The molecule has 0 spiro atoms. The van der Waals surface area contributed by atoms with E-state index < -0.39 is 0 Å². The number of nitrogens with zero attached hydrogens (tertiary/aromatic N) is 2. The molecule has 1 aromatic rings. The average molecular weight is 160 g/mol. The zero-order valence-corrected chi connectivity index (χ0v) is 6.74. The van der Waals surface area contributed by atoms with Crippen LogP contribution in [0.4, 0.5) is 0 Å². The van der Waals surface area contributed by atoms with Gasteiger partial charge in [-0.1, -0.05) is 5.92 Å². The number of aryl methyl sites for hydroxylation is 1. The molecule has 0 aromatic carbocycles. The van der Waals surface area contributed by atoms with Gasteiger partial charge in [0.25, 0.3) is 0 Å². The molecule has 0 N–H and O–H groups in total. The number of hydrogen-bond acceptors (Lipinski definition) is 3. The summed E-state index contributed by atoms with van der Waals surface area (Å²) in [5, 5.41) is 0. The first kappa shape index (κ1) is 8.41. The monoisotopic (exact) mass is 160 g/mol. The maximum absolute atomic E-state index is 9.92. The SMILES string of the molecule is Cc1cncc(C#CCC=O)n1. The Morgan fingerprint density at radius 1 is 1.58 bits per heavy atom. The quantitative estimate of drug-likeness (QED) is 0.449. The lowest BCUT2D eigenvalue weighted by Crippen LogP contribution is -1.87. The van der Waals surface area contributed by atoms with E-state index in [4.69, 9.17) is 0 Å². The molecule has 0 unspecified atom stereocenters. The number of hydrogen-bond donors (Lipinski definition) is 0. The number of aromatic nitrogens is 2. The van der Waals surface area contributed by atoms with Crippen LogP contribution in [-0.4, -0.2) is 16.3 Å². The third-order valence-corrected chi connectivity index (χ3v) is 1.16. The van der Waals surface area contributed by atoms with Gasteiger partial charge in [-0.15, -0.1) is 0 Å². The Bertz CT molecular complexity index is 336. The van der Waals surface area contributed by atoms with Crippen molar-refractivity contribution in [3.05, 3.63) is 23.8 Å². The highest BCUT2D eigenvalue weighted by Gasteiger charge is 1.88. The number of rotatable bonds is 1. The van der Waals surface area contributed by atoms with Crippen LogP contribution in [0.5, 0.6) is 0 Å². The summed E-state index contributed by atoms with van der Waals surface area (Å²) in [6, 6.07) is 0. The van der Waals surface area contributed by atoms with E-state index in [0.29, 0.717) is 5.69 Å². The van der Waals surface area contributed by atoms with Crippen molar-refractivity contribution in [2.45, 2.75) is 13.3 Å². The Labute approximate surface area is 70.9 Å². The summed E-state index contributed by atoms with van der Waals surface area (Å²) in [5.74, 6) is 5.39. The molecular weight excluding hydrogens is 152 g/mol. The molecule has 0 amide bonds. The fraction of sp³-hybridized carbons (Fsp3) is 0.222. The van der Waals surface area contributed by atoms with Gasteiger partial charge in [0.05, 0.1) is 18.3 Å². The molecule has 0 bridgehead atoms. The number of carbonyl (C=O) groups excluding carboxylic acids is 1. The molecule has 1 heterocycles. The van der Waals surface area contributed by atoms with Crippen LogP contribution in [-0.2, 0) is 4.79 Å². The van der Waals surface area contributed by atoms with Gasteiger partial charge in [0.1, 0.15) is 12.0 Å². The van der Waals surface area contributed by atoms with Gasteiger partial charge < -0.3 is 4.79 Å². The second kappa shape index (κ2) is 4.24. The lowest BCUT2D eigenvalue weighted by molar-refractivity contribution is -0.107. The lowest BCUT2D eigenvalue weighted by Gasteiger charge is -1.89. The molecule has 0 aliphatic rings. The molecule has 0 fully saturated rings. The van der Waals surface area contributed by atoms with Crippen LogP contribution in [0.2, 0.25) is 0 Å². The Morgan fingerprint density at radius 2 is 2.42 bits per heavy atom. The zero-order valence-electron chi connectivity index (χ0n) is 6.74. The normalized spacial score (nSPS) is 8.42. The Morgan fingerprint density at radius 3 is 3.08 bits per heavy atom. The van der Waals surface area contributed by atoms with Crippen molar-refractivity contribution in [3.63, 3.8) is 0 Å². The van der Waals surface area contributed by atoms with Crippen molar-refractivity contribution in [2.75, 3.05) is 0 Å². The highest BCUT2D eigenvalue weighted by Crippen LogP contribution is 1.91. The number of carbonyl (C=O) groups is 1. The van der Waals surface area contributed by atoms with Gasteiger partial charge in [-0.2, -0.15) is 0 Å². The van der Waals surface area contributed by atoms with Crippen molar-refractivity contribution in [2.24, 2.45) is 0 Å². The molecule has 0 radical (unpaired) electrons. The van der Waals surface area contributed by atoms with E-state index in [9.17, 15) is 4.79 Å². The van der Waals surface area contributed by atoms with Crippen LogP contribution in [0, 0.1) is 18.8 Å². The first-order valence-corrected chi connectivity index (χ1v) is 3.54. The molecule has 1 rings (SSSR count). The van der Waals surface area contributed by atoms with Crippen LogP contribution < -0.4 is 0 Å². The van der Waals surface area contributed by atoms with Crippen LogP contribution in [0.1, 0.15) is 17.8 Å². The molecule has 60 valence electrons. The summed E-state index contributed by atoms with van der Waals surface area (Å²) < 4.78 is 0. The first-order valence-electron chi connectivity index (χ1n) is 3.54. The predicted octanol–water partition coefficient (Wildman–Crippen LogP) is 0.726. The smallest absolute Gasteiger partial charge is 0.131 e. The molecule has 0 aliphatic carbocycles. The molecule has 3 heteroatoms. The maximum atomic E-state index is 9.92. The Balaban J connectivity index is 2.77. The van der Waals surface area contributed by atoms with E-state index in [1.54, 1.807) is 12.4 Å². The van der Waals surface area contributed by atoms with Gasteiger partial charge >= 0.3 is 0 Å². The largest absolute Gasteiger partial charge is 0.302 e. The zero-order chi connectivity index (χ0) is 8.81. The van der Waals surface area contributed by atoms with Crippen molar-refractivity contribution in [1.29, 1.82) is 0 Å². The van der Waals surface area contributed by atoms with Gasteiger partial charge in [-0.25, -0.2) is 4.98 Å². The molecule has 0 aliphatic heterocycles. The summed E-state index contributed by atoms with van der Waals surface area (Å²) in [5.41, 5.74) is 1.43. The summed E-state index contributed by atoms with van der Waals surface area (Å²) in [6.45, 7) is 1.85. The summed E-state index contributed by atoms with van der Waals surface area (Å²) >= 11 is 0. The van der Waals surface area contributed by atoms with E-state index >= 15 is 0 Å². The van der Waals surface area contributed by atoms with Gasteiger partial charge in [0.15, 0.2) is 0 Å². The minimum Gasteiger partial charge on any atom is -0.302 e. The predicted molar refractivity (Wildman–Crippen MR) is 44.3 cm³/mol. The fourth-order valence-corrected chi connectivity index (χ4v) is 0.707.